The quantitative estimate of drug-likeness (QED) is 0.430. The highest BCUT2D eigenvalue weighted by molar-refractivity contribution is 6.01. The van der Waals surface area contributed by atoms with Crippen LogP contribution in [0.15, 0.2) is 36.4 Å². The van der Waals surface area contributed by atoms with E-state index in [1.165, 1.54) is 13.2 Å². The maximum absolute atomic E-state index is 13.6. The Balaban J connectivity index is 1.73. The fourth-order valence-electron chi connectivity index (χ4n) is 4.41. The molecule has 1 amide bonds. The van der Waals surface area contributed by atoms with Crippen molar-refractivity contribution in [1.82, 2.24) is 15.1 Å². The van der Waals surface area contributed by atoms with E-state index in [4.69, 9.17) is 9.47 Å². The van der Waals surface area contributed by atoms with Crippen molar-refractivity contribution in [3.8, 4) is 17.0 Å². The Morgan fingerprint density at radius 1 is 1.08 bits per heavy atom. The number of nitrogens with zero attached hydrogens (tertiary/aromatic N) is 3. The molecule has 0 unspecified atom stereocenters. The number of benzene rings is 2. The molecule has 1 aliphatic rings. The summed E-state index contributed by atoms with van der Waals surface area (Å²) in [5.41, 5.74) is 0.620. The minimum absolute atomic E-state index is 0.229. The van der Waals surface area contributed by atoms with Crippen LogP contribution >= 0.6 is 0 Å². The van der Waals surface area contributed by atoms with Gasteiger partial charge in [0.1, 0.15) is 17.0 Å². The Morgan fingerprint density at radius 2 is 1.84 bits per heavy atom. The van der Waals surface area contributed by atoms with Gasteiger partial charge in [0.15, 0.2) is 5.82 Å². The number of aryl methyl sites for hydroxylation is 1. The average molecular weight is 517 g/mol. The highest BCUT2D eigenvalue weighted by Gasteiger charge is 2.32. The summed E-state index contributed by atoms with van der Waals surface area (Å²) in [6.07, 6.45) is -3.51. The number of piperidine rings is 1. The van der Waals surface area contributed by atoms with Gasteiger partial charge in [0.05, 0.1) is 12.7 Å². The molecule has 0 bridgehead atoms. The number of methoxy groups -OCH3 is 1. The van der Waals surface area contributed by atoms with Gasteiger partial charge in [0, 0.05) is 35.5 Å². The van der Waals surface area contributed by atoms with E-state index in [9.17, 15) is 18.0 Å². The van der Waals surface area contributed by atoms with Crippen LogP contribution in [0.3, 0.4) is 0 Å². The van der Waals surface area contributed by atoms with Crippen LogP contribution in [0.1, 0.15) is 44.7 Å². The number of rotatable bonds is 4. The van der Waals surface area contributed by atoms with E-state index in [2.05, 4.69) is 15.5 Å². The van der Waals surface area contributed by atoms with Crippen molar-refractivity contribution in [1.29, 1.82) is 0 Å². The fraction of sp³-hybridized carbons (Fsp3) is 0.444. The van der Waals surface area contributed by atoms with Gasteiger partial charge in [-0.3, -0.25) is 0 Å². The molecule has 1 aliphatic heterocycles. The Bertz CT molecular complexity index is 1300. The van der Waals surface area contributed by atoms with Crippen LogP contribution in [0, 0.1) is 6.92 Å². The molecule has 0 spiro atoms. The van der Waals surface area contributed by atoms with Crippen molar-refractivity contribution in [3.05, 3.63) is 47.5 Å². The number of hydrogen-bond donors (Lipinski definition) is 1. The van der Waals surface area contributed by atoms with E-state index < -0.39 is 23.4 Å². The lowest BCUT2D eigenvalue weighted by atomic mass is 10.00. The van der Waals surface area contributed by atoms with Crippen molar-refractivity contribution in [2.45, 2.75) is 58.4 Å². The smallest absolute Gasteiger partial charge is 0.416 e. The van der Waals surface area contributed by atoms with Crippen LogP contribution in [0.25, 0.3) is 22.0 Å². The predicted octanol–water partition coefficient (Wildman–Crippen LogP) is 6.44. The van der Waals surface area contributed by atoms with Crippen LogP contribution < -0.4 is 10.1 Å². The second kappa shape index (κ2) is 10.1. The molecule has 37 heavy (non-hydrogen) atoms. The number of alkyl halides is 3. The van der Waals surface area contributed by atoms with E-state index in [1.54, 1.807) is 25.7 Å². The number of carbonyl (C=O) groups excluding carboxylic acids is 1. The molecule has 0 radical (unpaired) electrons. The summed E-state index contributed by atoms with van der Waals surface area (Å²) >= 11 is 0. The minimum atomic E-state index is -4.52. The summed E-state index contributed by atoms with van der Waals surface area (Å²) in [4.78, 5) is 14.2. The molecule has 1 fully saturated rings. The van der Waals surface area contributed by atoms with Gasteiger partial charge in [-0.2, -0.15) is 13.2 Å². The number of aromatic nitrogens is 2. The molecule has 0 saturated carbocycles. The lowest BCUT2D eigenvalue weighted by Gasteiger charge is -2.34. The SMILES string of the molecule is COc1cc(C)ccc1-c1nnc(N[C@@H]2CCCN(C(=O)OC(C)(C)C)C2)c2cc(C(F)(F)F)ccc12. The van der Waals surface area contributed by atoms with Crippen LogP contribution in [0.5, 0.6) is 5.75 Å². The molecule has 1 saturated heterocycles. The Labute approximate surface area is 214 Å². The van der Waals surface area contributed by atoms with Gasteiger partial charge in [-0.25, -0.2) is 4.79 Å². The largest absolute Gasteiger partial charge is 0.496 e. The molecule has 198 valence electrons. The second-order valence-corrected chi connectivity index (χ2v) is 10.3. The van der Waals surface area contributed by atoms with Gasteiger partial charge < -0.3 is 19.7 Å². The standard InChI is InChI=1S/C27H31F3N4O3/c1-16-8-10-20(22(13-16)36-5)23-19-11-9-17(27(28,29)30)14-21(19)24(33-32-23)31-18-7-6-12-34(15-18)25(35)37-26(2,3)4/h8-11,13-14,18H,6-7,12,15H2,1-5H3,(H,31,33)/t18-/m1/s1. The van der Waals surface area contributed by atoms with Gasteiger partial charge in [-0.15, -0.1) is 10.2 Å². The van der Waals surface area contributed by atoms with Crippen molar-refractivity contribution in [2.24, 2.45) is 0 Å². The summed E-state index contributed by atoms with van der Waals surface area (Å²) in [5, 5.41) is 12.7. The van der Waals surface area contributed by atoms with E-state index in [-0.39, 0.29) is 17.2 Å². The lowest BCUT2D eigenvalue weighted by molar-refractivity contribution is -0.137. The normalized spacial score (nSPS) is 16.5. The third kappa shape index (κ3) is 6.06. The molecule has 2 heterocycles. The second-order valence-electron chi connectivity index (χ2n) is 10.3. The summed E-state index contributed by atoms with van der Waals surface area (Å²) in [5.74, 6) is 0.781. The van der Waals surface area contributed by atoms with Crippen molar-refractivity contribution >= 4 is 22.7 Å². The number of hydrogen-bond acceptors (Lipinski definition) is 6. The third-order valence-electron chi connectivity index (χ3n) is 6.13. The predicted molar refractivity (Wildman–Crippen MR) is 136 cm³/mol. The first-order valence-electron chi connectivity index (χ1n) is 12.1. The van der Waals surface area contributed by atoms with Crippen molar-refractivity contribution < 1.29 is 27.4 Å². The van der Waals surface area contributed by atoms with E-state index in [0.717, 1.165) is 24.1 Å². The molecule has 3 aromatic rings. The zero-order chi connectivity index (χ0) is 27.0. The summed E-state index contributed by atoms with van der Waals surface area (Å²) in [6.45, 7) is 8.21. The first-order valence-corrected chi connectivity index (χ1v) is 12.1. The third-order valence-corrected chi connectivity index (χ3v) is 6.13. The number of nitrogens with one attached hydrogen (secondary N) is 1. The van der Waals surface area contributed by atoms with Gasteiger partial charge in [-0.1, -0.05) is 12.1 Å². The van der Waals surface area contributed by atoms with Crippen LogP contribution in [-0.4, -0.2) is 53.0 Å². The number of fused-ring (bicyclic) bond motifs is 1. The zero-order valence-electron chi connectivity index (χ0n) is 21.6. The average Bonchev–Trinajstić information content (AvgIpc) is 2.82. The Kier molecular flexibility index (Phi) is 7.21. The monoisotopic (exact) mass is 516 g/mol. The molecule has 2 aromatic carbocycles. The molecule has 4 rings (SSSR count). The van der Waals surface area contributed by atoms with E-state index in [0.29, 0.717) is 41.9 Å². The minimum Gasteiger partial charge on any atom is -0.496 e. The first-order chi connectivity index (χ1) is 17.4. The highest BCUT2D eigenvalue weighted by atomic mass is 19.4. The number of likely N-dealkylation sites (tertiary alicyclic amines) is 1. The fourth-order valence-corrected chi connectivity index (χ4v) is 4.41. The highest BCUT2D eigenvalue weighted by Crippen LogP contribution is 2.39. The molecular weight excluding hydrogens is 485 g/mol. The summed E-state index contributed by atoms with van der Waals surface area (Å²) in [6, 6.07) is 8.87. The number of anilines is 1. The van der Waals surface area contributed by atoms with Gasteiger partial charge in [-0.05, 0) is 70.4 Å². The van der Waals surface area contributed by atoms with E-state index in [1.807, 2.05) is 25.1 Å². The first kappa shape index (κ1) is 26.5. The summed E-state index contributed by atoms with van der Waals surface area (Å²) in [7, 11) is 1.53. The van der Waals surface area contributed by atoms with E-state index >= 15 is 0 Å². The Morgan fingerprint density at radius 3 is 2.51 bits per heavy atom. The van der Waals surface area contributed by atoms with Crippen LogP contribution in [0.4, 0.5) is 23.8 Å². The maximum Gasteiger partial charge on any atom is 0.416 e. The van der Waals surface area contributed by atoms with Gasteiger partial charge in [0.25, 0.3) is 0 Å². The topological polar surface area (TPSA) is 76.6 Å². The van der Waals surface area contributed by atoms with Crippen LogP contribution in [0.2, 0.25) is 0 Å². The molecule has 10 heteroatoms. The molecule has 1 aromatic heterocycles. The number of carbonyl (C=O) groups is 1. The zero-order valence-corrected chi connectivity index (χ0v) is 21.6. The number of halogens is 3. The molecular formula is C27H31F3N4O3. The molecule has 0 aliphatic carbocycles. The van der Waals surface area contributed by atoms with Crippen molar-refractivity contribution in [2.75, 3.05) is 25.5 Å². The maximum atomic E-state index is 13.6. The number of ether oxygens (including phenoxy) is 2. The Hall–Kier alpha value is -3.56. The molecule has 1 atom stereocenters. The molecule has 1 N–H and O–H groups in total. The number of amides is 1. The van der Waals surface area contributed by atoms with Gasteiger partial charge >= 0.3 is 12.3 Å². The van der Waals surface area contributed by atoms with Crippen LogP contribution in [-0.2, 0) is 10.9 Å². The lowest BCUT2D eigenvalue weighted by Crippen LogP contribution is -2.47. The van der Waals surface area contributed by atoms with Gasteiger partial charge in [0.2, 0.25) is 0 Å². The molecule has 7 nitrogen and oxygen atoms in total. The summed E-state index contributed by atoms with van der Waals surface area (Å²) < 4.78 is 51.9. The van der Waals surface area contributed by atoms with Crippen molar-refractivity contribution in [3.63, 3.8) is 0 Å².